The number of carbonyl (C=O) groups excluding carboxylic acids is 2. The molecule has 4 nitrogen and oxygen atoms in total. The van der Waals surface area contributed by atoms with Gasteiger partial charge in [0, 0.05) is 20.9 Å². The normalized spacial score (nSPS) is 33.0. The van der Waals surface area contributed by atoms with Crippen molar-refractivity contribution in [1.29, 1.82) is 0 Å². The van der Waals surface area contributed by atoms with Crippen molar-refractivity contribution < 1.29 is 14.3 Å². The van der Waals surface area contributed by atoms with Gasteiger partial charge in [-0.3, -0.25) is 9.59 Å². The van der Waals surface area contributed by atoms with Crippen LogP contribution in [0.1, 0.15) is 44.1 Å². The van der Waals surface area contributed by atoms with Gasteiger partial charge in [-0.25, -0.2) is 0 Å². The van der Waals surface area contributed by atoms with Crippen LogP contribution in [0.2, 0.25) is 10.0 Å². The van der Waals surface area contributed by atoms with E-state index in [4.69, 9.17) is 27.9 Å². The maximum absolute atomic E-state index is 12.9. The van der Waals surface area contributed by atoms with Gasteiger partial charge >= 0.3 is 5.97 Å². The molecule has 0 heterocycles. The van der Waals surface area contributed by atoms with Gasteiger partial charge in [-0.1, -0.05) is 45.2 Å². The van der Waals surface area contributed by atoms with Crippen LogP contribution in [-0.2, 0) is 20.7 Å². The summed E-state index contributed by atoms with van der Waals surface area (Å²) in [6, 6.07) is 5.30. The molecular weight excluding hydrogens is 465 g/mol. The van der Waals surface area contributed by atoms with Gasteiger partial charge in [0.1, 0.15) is 0 Å². The number of hydrogen-bond acceptors (Lipinski definition) is 3. The summed E-state index contributed by atoms with van der Waals surface area (Å²) in [4.78, 5) is 25.0. The van der Waals surface area contributed by atoms with Crippen molar-refractivity contribution in [2.75, 3.05) is 13.2 Å². The summed E-state index contributed by atoms with van der Waals surface area (Å²) in [5.74, 6) is 0.732. The third kappa shape index (κ3) is 4.22. The summed E-state index contributed by atoms with van der Waals surface area (Å²) in [5, 5.41) is 3.96. The van der Waals surface area contributed by atoms with Crippen LogP contribution < -0.4 is 5.32 Å². The minimum absolute atomic E-state index is 0.0935. The van der Waals surface area contributed by atoms with Crippen molar-refractivity contribution in [2.24, 2.45) is 17.3 Å². The Morgan fingerprint density at radius 1 is 1.18 bits per heavy atom. The second-order valence-electron chi connectivity index (χ2n) is 8.80. The van der Waals surface area contributed by atoms with Gasteiger partial charge in [-0.05, 0) is 74.5 Å². The van der Waals surface area contributed by atoms with Gasteiger partial charge in [0.15, 0.2) is 6.61 Å². The van der Waals surface area contributed by atoms with E-state index in [1.54, 1.807) is 12.1 Å². The molecule has 1 aromatic carbocycles. The number of rotatable bonds is 6. The standard InChI is InChI=1S/C21H24BrCl2NO3/c22-21-9-13-5-14(10-21)8-20(7-13,12-21)19(27)28-11-18(26)25-4-3-15-1-2-16(23)6-17(15)24/h1-2,6,13-14H,3-5,7-12H2,(H,25,26)/t13-,14+,20?,21?. The van der Waals surface area contributed by atoms with Crippen molar-refractivity contribution >= 4 is 51.0 Å². The minimum atomic E-state index is -0.398. The van der Waals surface area contributed by atoms with Gasteiger partial charge in [0.2, 0.25) is 0 Å². The summed E-state index contributed by atoms with van der Waals surface area (Å²) in [7, 11) is 0. The highest BCUT2D eigenvalue weighted by molar-refractivity contribution is 9.10. The molecule has 1 aromatic rings. The fraction of sp³-hybridized carbons (Fsp3) is 0.619. The van der Waals surface area contributed by atoms with Gasteiger partial charge in [0.25, 0.3) is 5.91 Å². The number of nitrogens with one attached hydrogen (secondary N) is 1. The van der Waals surface area contributed by atoms with Crippen molar-refractivity contribution in [3.8, 4) is 0 Å². The summed E-state index contributed by atoms with van der Waals surface area (Å²) in [5.41, 5.74) is 0.518. The lowest BCUT2D eigenvalue weighted by Crippen LogP contribution is -2.56. The molecule has 4 bridgehead atoms. The fourth-order valence-corrected chi connectivity index (χ4v) is 7.74. The lowest BCUT2D eigenvalue weighted by molar-refractivity contribution is -0.171. The molecule has 0 spiro atoms. The molecule has 5 rings (SSSR count). The SMILES string of the molecule is O=C(COC(=O)C12C[C@@H]3C[C@@H](CC(Br)(C3)C1)C2)NCCc1ccc(Cl)cc1Cl. The predicted molar refractivity (Wildman–Crippen MR) is 113 cm³/mol. The summed E-state index contributed by atoms with van der Waals surface area (Å²) in [6.45, 7) is 0.205. The number of amides is 1. The number of halogens is 3. The quantitative estimate of drug-likeness (QED) is 0.456. The zero-order valence-corrected chi connectivity index (χ0v) is 18.7. The Morgan fingerprint density at radius 3 is 2.54 bits per heavy atom. The Kier molecular flexibility index (Phi) is 5.71. The van der Waals surface area contributed by atoms with Gasteiger partial charge in [-0.15, -0.1) is 0 Å². The first-order chi connectivity index (χ1) is 13.3. The monoisotopic (exact) mass is 487 g/mol. The second kappa shape index (κ2) is 7.81. The first-order valence-electron chi connectivity index (χ1n) is 9.84. The van der Waals surface area contributed by atoms with Crippen LogP contribution in [0, 0.1) is 17.3 Å². The van der Waals surface area contributed by atoms with E-state index in [1.165, 1.54) is 6.42 Å². The number of ether oxygens (including phenoxy) is 1. The van der Waals surface area contributed by atoms with Crippen LogP contribution in [0.5, 0.6) is 0 Å². The number of hydrogen-bond donors (Lipinski definition) is 1. The largest absolute Gasteiger partial charge is 0.455 e. The van der Waals surface area contributed by atoms with Gasteiger partial charge < -0.3 is 10.1 Å². The summed E-state index contributed by atoms with van der Waals surface area (Å²) < 4.78 is 5.55. The van der Waals surface area contributed by atoms with E-state index in [2.05, 4.69) is 21.2 Å². The van der Waals surface area contributed by atoms with Crippen LogP contribution in [0.25, 0.3) is 0 Å². The first kappa shape index (κ1) is 20.5. The number of carbonyl (C=O) groups is 2. The van der Waals surface area contributed by atoms with Crippen LogP contribution in [0.15, 0.2) is 18.2 Å². The second-order valence-corrected chi connectivity index (χ2v) is 11.3. The van der Waals surface area contributed by atoms with Crippen LogP contribution in [0.3, 0.4) is 0 Å². The molecular formula is C21H24BrCl2NO3. The van der Waals surface area contributed by atoms with E-state index >= 15 is 0 Å². The van der Waals surface area contributed by atoms with Gasteiger partial charge in [-0.2, -0.15) is 0 Å². The molecule has 28 heavy (non-hydrogen) atoms. The van der Waals surface area contributed by atoms with E-state index in [1.807, 2.05) is 6.07 Å². The highest BCUT2D eigenvalue weighted by Crippen LogP contribution is 2.64. The number of alkyl halides is 1. The van der Waals surface area contributed by atoms with Crippen LogP contribution >= 0.6 is 39.1 Å². The van der Waals surface area contributed by atoms with E-state index in [0.29, 0.717) is 34.8 Å². The molecule has 2 unspecified atom stereocenters. The molecule has 0 aromatic heterocycles. The van der Waals surface area contributed by atoms with E-state index in [-0.39, 0.29) is 22.8 Å². The molecule has 7 heteroatoms. The highest BCUT2D eigenvalue weighted by Gasteiger charge is 2.60. The molecule has 4 saturated carbocycles. The number of benzene rings is 1. The zero-order chi connectivity index (χ0) is 19.9. The number of esters is 1. The molecule has 1 amide bonds. The third-order valence-electron chi connectivity index (χ3n) is 6.49. The summed E-state index contributed by atoms with van der Waals surface area (Å²) in [6.07, 6.45) is 6.80. The van der Waals surface area contributed by atoms with E-state index < -0.39 is 5.41 Å². The van der Waals surface area contributed by atoms with Crippen molar-refractivity contribution in [3.05, 3.63) is 33.8 Å². The fourth-order valence-electron chi connectivity index (χ4n) is 5.79. The lowest BCUT2D eigenvalue weighted by Gasteiger charge is -2.58. The van der Waals surface area contributed by atoms with Crippen molar-refractivity contribution in [3.63, 3.8) is 0 Å². The smallest absolute Gasteiger partial charge is 0.312 e. The lowest BCUT2D eigenvalue weighted by atomic mass is 9.49. The maximum Gasteiger partial charge on any atom is 0.312 e. The molecule has 1 N–H and O–H groups in total. The average Bonchev–Trinajstić information content (AvgIpc) is 2.59. The van der Waals surface area contributed by atoms with Crippen LogP contribution in [0.4, 0.5) is 0 Å². The van der Waals surface area contributed by atoms with Crippen molar-refractivity contribution in [2.45, 2.75) is 49.3 Å². The third-order valence-corrected chi connectivity index (χ3v) is 8.00. The predicted octanol–water partition coefficient (Wildman–Crippen LogP) is 4.93. The molecule has 0 aliphatic heterocycles. The Balaban J connectivity index is 1.25. The molecule has 0 saturated heterocycles. The Morgan fingerprint density at radius 2 is 1.89 bits per heavy atom. The van der Waals surface area contributed by atoms with Gasteiger partial charge in [0.05, 0.1) is 5.41 Å². The molecule has 0 radical (unpaired) electrons. The van der Waals surface area contributed by atoms with E-state index in [0.717, 1.165) is 37.7 Å². The Hall–Kier alpha value is -0.780. The Bertz CT molecular complexity index is 786. The molecule has 4 aliphatic rings. The Labute approximate surface area is 183 Å². The summed E-state index contributed by atoms with van der Waals surface area (Å²) >= 11 is 15.9. The highest BCUT2D eigenvalue weighted by atomic mass is 79.9. The molecule has 152 valence electrons. The molecule has 4 fully saturated rings. The first-order valence-corrected chi connectivity index (χ1v) is 11.4. The molecule has 4 atom stereocenters. The average molecular weight is 489 g/mol. The zero-order valence-electron chi connectivity index (χ0n) is 15.6. The topological polar surface area (TPSA) is 55.4 Å². The minimum Gasteiger partial charge on any atom is -0.455 e. The maximum atomic E-state index is 12.9. The molecule has 4 aliphatic carbocycles. The van der Waals surface area contributed by atoms with Crippen molar-refractivity contribution in [1.82, 2.24) is 5.32 Å². The van der Waals surface area contributed by atoms with E-state index in [9.17, 15) is 9.59 Å². The van der Waals surface area contributed by atoms with Crippen LogP contribution in [-0.4, -0.2) is 29.4 Å².